The molecule has 2 rings (SSSR count). The van der Waals surface area contributed by atoms with Crippen molar-refractivity contribution in [2.24, 2.45) is 0 Å². The Bertz CT molecular complexity index is 872. The molecule has 2 aromatic heterocycles. The molecule has 0 radical (unpaired) electrons. The lowest BCUT2D eigenvalue weighted by Crippen LogP contribution is -2.30. The van der Waals surface area contributed by atoms with Gasteiger partial charge in [-0.05, 0) is 31.4 Å². The summed E-state index contributed by atoms with van der Waals surface area (Å²) >= 11 is 6.80. The third kappa shape index (κ3) is 4.86. The number of anilines is 2. The van der Waals surface area contributed by atoms with Crippen molar-refractivity contribution < 1.29 is 27.5 Å². The predicted octanol–water partition coefficient (Wildman–Crippen LogP) is 3.74. The SMILES string of the molecule is CNc1snc(C)c1C(=O)O[C@@H](C)C(=O)Nc1ncc(C(F)(F)F)cc1Cl. The fourth-order valence-electron chi connectivity index (χ4n) is 1.96. The number of hydrogen-bond acceptors (Lipinski definition) is 7. The average molecular weight is 423 g/mol. The van der Waals surface area contributed by atoms with E-state index in [-0.39, 0.29) is 11.4 Å². The Hall–Kier alpha value is -2.40. The number of esters is 1. The van der Waals surface area contributed by atoms with Crippen LogP contribution in [0.25, 0.3) is 0 Å². The molecule has 0 aromatic carbocycles. The number of aryl methyl sites for hydroxylation is 1. The summed E-state index contributed by atoms with van der Waals surface area (Å²) in [5.74, 6) is -1.84. The maximum absolute atomic E-state index is 12.6. The van der Waals surface area contributed by atoms with Crippen LogP contribution >= 0.6 is 23.1 Å². The van der Waals surface area contributed by atoms with E-state index in [1.54, 1.807) is 14.0 Å². The van der Waals surface area contributed by atoms with Crippen LogP contribution in [0.3, 0.4) is 0 Å². The Morgan fingerprint density at radius 2 is 2.04 bits per heavy atom. The molecule has 0 unspecified atom stereocenters. The van der Waals surface area contributed by atoms with Crippen LogP contribution in [-0.2, 0) is 15.7 Å². The van der Waals surface area contributed by atoms with Gasteiger partial charge in [0.05, 0.1) is 16.3 Å². The molecule has 1 atom stereocenters. The summed E-state index contributed by atoms with van der Waals surface area (Å²) in [6.07, 6.45) is -5.32. The summed E-state index contributed by atoms with van der Waals surface area (Å²) in [7, 11) is 1.61. The maximum Gasteiger partial charge on any atom is 0.417 e. The van der Waals surface area contributed by atoms with Crippen LogP contribution in [-0.4, -0.2) is 34.4 Å². The number of alkyl halides is 3. The number of aromatic nitrogens is 2. The number of pyridine rings is 1. The number of hydrogen-bond donors (Lipinski definition) is 2. The second-order valence-corrected chi connectivity index (χ2v) is 6.49. The molecule has 0 aliphatic rings. The summed E-state index contributed by atoms with van der Waals surface area (Å²) in [6, 6.07) is 0.639. The van der Waals surface area contributed by atoms with Crippen molar-refractivity contribution in [3.63, 3.8) is 0 Å². The summed E-state index contributed by atoms with van der Waals surface area (Å²) in [5.41, 5.74) is -0.410. The van der Waals surface area contributed by atoms with Gasteiger partial charge >= 0.3 is 12.1 Å². The normalized spacial score (nSPS) is 12.4. The first-order chi connectivity index (χ1) is 12.5. The zero-order valence-corrected chi connectivity index (χ0v) is 15.8. The molecule has 1 amide bonds. The van der Waals surface area contributed by atoms with Crippen LogP contribution in [0.2, 0.25) is 5.02 Å². The molecule has 0 bridgehead atoms. The van der Waals surface area contributed by atoms with Crippen molar-refractivity contribution in [2.45, 2.75) is 26.1 Å². The Morgan fingerprint density at radius 3 is 2.59 bits per heavy atom. The van der Waals surface area contributed by atoms with Crippen LogP contribution in [0, 0.1) is 6.92 Å². The van der Waals surface area contributed by atoms with Crippen molar-refractivity contribution in [2.75, 3.05) is 17.7 Å². The molecule has 146 valence electrons. The minimum atomic E-state index is -4.61. The van der Waals surface area contributed by atoms with E-state index in [1.807, 2.05) is 0 Å². The van der Waals surface area contributed by atoms with Crippen molar-refractivity contribution in [3.05, 3.63) is 34.1 Å². The fourth-order valence-corrected chi connectivity index (χ4v) is 2.90. The summed E-state index contributed by atoms with van der Waals surface area (Å²) in [4.78, 5) is 27.9. The molecule has 2 aromatic rings. The van der Waals surface area contributed by atoms with Gasteiger partial charge in [0.25, 0.3) is 5.91 Å². The number of rotatable bonds is 5. The van der Waals surface area contributed by atoms with Gasteiger partial charge in [0.15, 0.2) is 11.9 Å². The molecule has 2 N–H and O–H groups in total. The van der Waals surface area contributed by atoms with Gasteiger partial charge in [-0.3, -0.25) is 4.79 Å². The van der Waals surface area contributed by atoms with Gasteiger partial charge in [-0.15, -0.1) is 0 Å². The zero-order valence-electron chi connectivity index (χ0n) is 14.3. The Kier molecular flexibility index (Phi) is 6.26. The number of nitrogens with zero attached hydrogens (tertiary/aromatic N) is 2. The first-order valence-electron chi connectivity index (χ1n) is 7.43. The number of carbonyl (C=O) groups excluding carboxylic acids is 2. The quantitative estimate of drug-likeness (QED) is 0.713. The van der Waals surface area contributed by atoms with E-state index >= 15 is 0 Å². The van der Waals surface area contributed by atoms with Crippen molar-refractivity contribution >= 4 is 45.8 Å². The van der Waals surface area contributed by atoms with E-state index in [2.05, 4.69) is 20.0 Å². The second kappa shape index (κ2) is 8.09. The number of ether oxygens (including phenoxy) is 1. The highest BCUT2D eigenvalue weighted by Crippen LogP contribution is 2.32. The zero-order chi connectivity index (χ0) is 20.4. The molecule has 0 aliphatic heterocycles. The van der Waals surface area contributed by atoms with E-state index in [1.165, 1.54) is 6.92 Å². The highest BCUT2D eigenvalue weighted by atomic mass is 35.5. The van der Waals surface area contributed by atoms with Crippen LogP contribution < -0.4 is 10.6 Å². The van der Waals surface area contributed by atoms with Gasteiger partial charge in [0.1, 0.15) is 10.6 Å². The topological polar surface area (TPSA) is 93.2 Å². The number of amides is 1. The minimum Gasteiger partial charge on any atom is -0.449 e. The molecule has 0 fully saturated rings. The smallest absolute Gasteiger partial charge is 0.417 e. The van der Waals surface area contributed by atoms with E-state index < -0.39 is 34.7 Å². The number of carbonyl (C=O) groups is 2. The van der Waals surface area contributed by atoms with Crippen LogP contribution in [0.5, 0.6) is 0 Å². The molecule has 0 saturated carbocycles. The van der Waals surface area contributed by atoms with Crippen LogP contribution in [0.4, 0.5) is 24.0 Å². The van der Waals surface area contributed by atoms with Crippen molar-refractivity contribution in [1.29, 1.82) is 0 Å². The Labute approximate surface area is 161 Å². The molecule has 2 heterocycles. The summed E-state index contributed by atoms with van der Waals surface area (Å²) in [6.45, 7) is 2.92. The second-order valence-electron chi connectivity index (χ2n) is 5.31. The van der Waals surface area contributed by atoms with E-state index in [4.69, 9.17) is 16.3 Å². The number of nitrogens with one attached hydrogen (secondary N) is 2. The molecule has 7 nitrogen and oxygen atoms in total. The maximum atomic E-state index is 12.6. The lowest BCUT2D eigenvalue weighted by molar-refractivity contribution is -0.137. The number of halogens is 4. The Morgan fingerprint density at radius 1 is 1.37 bits per heavy atom. The van der Waals surface area contributed by atoms with Crippen molar-refractivity contribution in [3.8, 4) is 0 Å². The van der Waals surface area contributed by atoms with E-state index in [0.717, 1.165) is 11.5 Å². The van der Waals surface area contributed by atoms with Gasteiger partial charge in [0.2, 0.25) is 0 Å². The van der Waals surface area contributed by atoms with Crippen LogP contribution in [0.1, 0.15) is 28.5 Å². The average Bonchev–Trinajstić information content (AvgIpc) is 2.96. The first kappa shape index (κ1) is 20.9. The lowest BCUT2D eigenvalue weighted by atomic mass is 10.2. The minimum absolute atomic E-state index is 0.202. The highest BCUT2D eigenvalue weighted by Gasteiger charge is 2.32. The molecule has 0 spiro atoms. The molecular formula is C15H14ClF3N4O3S. The Balaban J connectivity index is 2.08. The largest absolute Gasteiger partial charge is 0.449 e. The molecule has 0 aliphatic carbocycles. The van der Waals surface area contributed by atoms with Gasteiger partial charge in [-0.1, -0.05) is 11.6 Å². The lowest BCUT2D eigenvalue weighted by Gasteiger charge is -2.15. The standard InChI is InChI=1S/C15H14ClF3N4O3S/c1-6-10(13(20-3)27-23-6)14(25)26-7(2)12(24)22-11-9(16)4-8(5-21-11)15(17,18)19/h4-5,7,20H,1-3H3,(H,21,22,24)/t7-/m0/s1. The summed E-state index contributed by atoms with van der Waals surface area (Å²) < 4.78 is 47.0. The van der Waals surface area contributed by atoms with E-state index in [0.29, 0.717) is 23.0 Å². The fraction of sp³-hybridized carbons (Fsp3) is 0.333. The molecule has 27 heavy (non-hydrogen) atoms. The summed E-state index contributed by atoms with van der Waals surface area (Å²) in [5, 5.41) is 5.11. The van der Waals surface area contributed by atoms with Gasteiger partial charge in [-0.2, -0.15) is 17.5 Å². The first-order valence-corrected chi connectivity index (χ1v) is 8.58. The molecule has 12 heteroatoms. The molecular weight excluding hydrogens is 409 g/mol. The van der Waals surface area contributed by atoms with Gasteiger partial charge in [-0.25, -0.2) is 9.78 Å². The predicted molar refractivity (Wildman–Crippen MR) is 94.2 cm³/mol. The molecule has 0 saturated heterocycles. The monoisotopic (exact) mass is 422 g/mol. The van der Waals surface area contributed by atoms with Gasteiger partial charge < -0.3 is 15.4 Å². The van der Waals surface area contributed by atoms with Crippen LogP contribution in [0.15, 0.2) is 12.3 Å². The third-order valence-electron chi connectivity index (χ3n) is 3.36. The highest BCUT2D eigenvalue weighted by molar-refractivity contribution is 7.10. The van der Waals surface area contributed by atoms with Gasteiger partial charge in [0, 0.05) is 13.2 Å². The van der Waals surface area contributed by atoms with Crippen molar-refractivity contribution in [1.82, 2.24) is 9.36 Å². The van der Waals surface area contributed by atoms with E-state index in [9.17, 15) is 22.8 Å². The third-order valence-corrected chi connectivity index (χ3v) is 4.60.